The second-order valence-electron chi connectivity index (χ2n) is 4.99. The van der Waals surface area contributed by atoms with Gasteiger partial charge in [-0.1, -0.05) is 12.1 Å². The molecule has 3 rings (SSSR count). The molecule has 0 atom stereocenters. The molecule has 0 aliphatic rings. The van der Waals surface area contributed by atoms with Crippen molar-refractivity contribution in [2.45, 2.75) is 0 Å². The second-order valence-corrected chi connectivity index (χ2v) is 5.39. The molecule has 0 saturated carbocycles. The van der Waals surface area contributed by atoms with Crippen LogP contribution in [0.1, 0.15) is 0 Å². The minimum absolute atomic E-state index is 0.448. The first-order valence-corrected chi connectivity index (χ1v) is 7.54. The van der Waals surface area contributed by atoms with E-state index >= 15 is 0 Å². The van der Waals surface area contributed by atoms with Crippen LogP contribution >= 0.6 is 12.2 Å². The van der Waals surface area contributed by atoms with Crippen LogP contribution in [-0.4, -0.2) is 14.2 Å². The van der Waals surface area contributed by atoms with Gasteiger partial charge in [0, 0.05) is 11.6 Å². The monoisotopic (exact) mass is 324 g/mol. The largest absolute Gasteiger partial charge is 0.497 e. The molecule has 0 aliphatic carbocycles. The molecule has 3 nitrogen and oxygen atoms in total. The molecule has 0 unspecified atom stereocenters. The van der Waals surface area contributed by atoms with Crippen LogP contribution in [0.3, 0.4) is 0 Å². The summed E-state index contributed by atoms with van der Waals surface area (Å²) in [5, 5.41) is 0. The molecule has 0 radical (unpaired) electrons. The zero-order valence-electron chi connectivity index (χ0n) is 12.9. The Kier molecular flexibility index (Phi) is 4.44. The molecule has 1 aromatic heterocycles. The van der Waals surface area contributed by atoms with Gasteiger partial charge in [-0.2, -0.15) is 0 Å². The Labute approximate surface area is 140 Å². The summed E-state index contributed by atoms with van der Waals surface area (Å²) in [6.07, 6.45) is 0. The van der Waals surface area contributed by atoms with E-state index in [0.29, 0.717) is 4.71 Å². The molecule has 0 fully saturated rings. The van der Waals surface area contributed by atoms with Crippen molar-refractivity contribution < 1.29 is 13.9 Å². The zero-order chi connectivity index (χ0) is 16.2. The average molecular weight is 324 g/mol. The molecule has 116 valence electrons. The van der Waals surface area contributed by atoms with Crippen LogP contribution in [0.4, 0.5) is 0 Å². The first-order chi connectivity index (χ1) is 11.2. The maximum atomic E-state index is 5.69. The van der Waals surface area contributed by atoms with E-state index in [-0.39, 0.29) is 0 Å². The van der Waals surface area contributed by atoms with Crippen molar-refractivity contribution in [1.29, 1.82) is 0 Å². The molecule has 0 N–H and O–H groups in total. The maximum absolute atomic E-state index is 5.69. The minimum Gasteiger partial charge on any atom is -0.497 e. The highest BCUT2D eigenvalue weighted by Crippen LogP contribution is 2.29. The Morgan fingerprint density at radius 3 is 1.74 bits per heavy atom. The van der Waals surface area contributed by atoms with Crippen molar-refractivity contribution in [1.82, 2.24) is 0 Å². The Balaban J connectivity index is 2.02. The van der Waals surface area contributed by atoms with Gasteiger partial charge in [0.15, 0.2) is 4.71 Å². The van der Waals surface area contributed by atoms with Crippen LogP contribution in [0.2, 0.25) is 0 Å². The predicted octanol–water partition coefficient (Wildman–Crippen LogP) is 5.36. The van der Waals surface area contributed by atoms with E-state index in [1.165, 1.54) is 0 Å². The number of methoxy groups -OCH3 is 2. The van der Waals surface area contributed by atoms with E-state index in [0.717, 1.165) is 33.9 Å². The number of ether oxygens (including phenoxy) is 2. The van der Waals surface area contributed by atoms with E-state index in [1.54, 1.807) is 14.2 Å². The zero-order valence-corrected chi connectivity index (χ0v) is 13.7. The average Bonchev–Trinajstić information content (AvgIpc) is 2.61. The lowest BCUT2D eigenvalue weighted by molar-refractivity contribution is 0.414. The van der Waals surface area contributed by atoms with Gasteiger partial charge in [0.1, 0.15) is 17.3 Å². The van der Waals surface area contributed by atoms with Gasteiger partial charge in [0.25, 0.3) is 0 Å². The molecule has 4 heteroatoms. The van der Waals surface area contributed by atoms with Gasteiger partial charge in [0.2, 0.25) is 0 Å². The first kappa shape index (κ1) is 15.3. The van der Waals surface area contributed by atoms with Crippen LogP contribution in [0.25, 0.3) is 22.5 Å². The number of hydrogen-bond acceptors (Lipinski definition) is 4. The second kappa shape index (κ2) is 6.67. The molecule has 0 spiro atoms. The molecule has 23 heavy (non-hydrogen) atoms. The lowest BCUT2D eigenvalue weighted by Crippen LogP contribution is -1.85. The number of benzene rings is 2. The highest BCUT2D eigenvalue weighted by Gasteiger charge is 2.06. The van der Waals surface area contributed by atoms with E-state index in [9.17, 15) is 0 Å². The van der Waals surface area contributed by atoms with Gasteiger partial charge in [-0.15, -0.1) is 0 Å². The Hall–Kier alpha value is -2.59. The van der Waals surface area contributed by atoms with E-state index in [2.05, 4.69) is 0 Å². The molecule has 1 heterocycles. The lowest BCUT2D eigenvalue weighted by Gasteiger charge is -2.07. The third-order valence-electron chi connectivity index (χ3n) is 3.57. The van der Waals surface area contributed by atoms with Crippen LogP contribution in [0.15, 0.2) is 65.1 Å². The van der Waals surface area contributed by atoms with Gasteiger partial charge >= 0.3 is 0 Å². The summed E-state index contributed by atoms with van der Waals surface area (Å²) in [5.74, 6) is 2.35. The fraction of sp³-hybridized carbons (Fsp3) is 0.105. The topological polar surface area (TPSA) is 31.6 Å². The Morgan fingerprint density at radius 2 is 1.22 bits per heavy atom. The lowest BCUT2D eigenvalue weighted by atomic mass is 10.0. The summed E-state index contributed by atoms with van der Waals surface area (Å²) >= 11 is 5.27. The summed E-state index contributed by atoms with van der Waals surface area (Å²) in [7, 11) is 3.30. The van der Waals surface area contributed by atoms with Crippen LogP contribution in [0, 0.1) is 4.71 Å². The predicted molar refractivity (Wildman–Crippen MR) is 93.5 cm³/mol. The van der Waals surface area contributed by atoms with Crippen molar-refractivity contribution in [3.05, 3.63) is 65.4 Å². The summed E-state index contributed by atoms with van der Waals surface area (Å²) in [4.78, 5) is 0. The molecule has 0 bridgehead atoms. The quantitative estimate of drug-likeness (QED) is 0.605. The van der Waals surface area contributed by atoms with Crippen molar-refractivity contribution >= 4 is 12.2 Å². The Bertz CT molecular complexity index is 780. The van der Waals surface area contributed by atoms with Crippen LogP contribution < -0.4 is 9.47 Å². The standard InChI is InChI=1S/C19H16O3S/c1-20-16-7-3-13(4-8-16)15-11-18(22-19(23)12-15)14-5-9-17(21-2)10-6-14/h3-12H,1-2H3. The molecule has 0 aliphatic heterocycles. The third kappa shape index (κ3) is 3.43. The summed E-state index contributed by atoms with van der Waals surface area (Å²) in [5.41, 5.74) is 3.02. The van der Waals surface area contributed by atoms with Crippen molar-refractivity contribution in [3.8, 4) is 33.9 Å². The van der Waals surface area contributed by atoms with Crippen molar-refractivity contribution in [3.63, 3.8) is 0 Å². The first-order valence-electron chi connectivity index (χ1n) is 7.13. The maximum Gasteiger partial charge on any atom is 0.191 e. The van der Waals surface area contributed by atoms with Gasteiger partial charge < -0.3 is 13.9 Å². The molecular formula is C19H16O3S. The van der Waals surface area contributed by atoms with Crippen LogP contribution in [-0.2, 0) is 0 Å². The summed E-state index contributed by atoms with van der Waals surface area (Å²) in [6, 6.07) is 19.4. The van der Waals surface area contributed by atoms with Gasteiger partial charge in [-0.05, 0) is 65.8 Å². The third-order valence-corrected chi connectivity index (χ3v) is 3.77. The van der Waals surface area contributed by atoms with Crippen molar-refractivity contribution in [2.75, 3.05) is 14.2 Å². The summed E-state index contributed by atoms with van der Waals surface area (Å²) < 4.78 is 16.5. The van der Waals surface area contributed by atoms with Gasteiger partial charge in [-0.3, -0.25) is 0 Å². The molecule has 0 saturated heterocycles. The Morgan fingerprint density at radius 1 is 0.696 bits per heavy atom. The van der Waals surface area contributed by atoms with Gasteiger partial charge in [0.05, 0.1) is 14.2 Å². The van der Waals surface area contributed by atoms with E-state index in [1.807, 2.05) is 60.7 Å². The molecular weight excluding hydrogens is 308 g/mol. The fourth-order valence-electron chi connectivity index (χ4n) is 2.32. The van der Waals surface area contributed by atoms with Crippen molar-refractivity contribution in [2.24, 2.45) is 0 Å². The highest BCUT2D eigenvalue weighted by molar-refractivity contribution is 7.71. The highest BCUT2D eigenvalue weighted by atomic mass is 32.1. The molecule has 2 aromatic carbocycles. The smallest absolute Gasteiger partial charge is 0.191 e. The number of rotatable bonds is 4. The normalized spacial score (nSPS) is 10.3. The molecule has 3 aromatic rings. The number of hydrogen-bond donors (Lipinski definition) is 0. The summed E-state index contributed by atoms with van der Waals surface area (Å²) in [6.45, 7) is 0. The van der Waals surface area contributed by atoms with E-state index in [4.69, 9.17) is 26.1 Å². The minimum atomic E-state index is 0.448. The SMILES string of the molecule is COc1ccc(-c2cc(-c3ccc(OC)cc3)oc(=S)c2)cc1. The van der Waals surface area contributed by atoms with Crippen LogP contribution in [0.5, 0.6) is 11.5 Å². The molecule has 0 amide bonds. The fourth-order valence-corrected chi connectivity index (χ4v) is 2.54. The van der Waals surface area contributed by atoms with Gasteiger partial charge in [-0.25, -0.2) is 0 Å². The van der Waals surface area contributed by atoms with E-state index < -0.39 is 0 Å².